The second-order valence-corrected chi connectivity index (χ2v) is 8.86. The monoisotopic (exact) mass is 422 g/mol. The van der Waals surface area contributed by atoms with Crippen molar-refractivity contribution in [3.05, 3.63) is 0 Å². The molecule has 11 nitrogen and oxygen atoms in total. The van der Waals surface area contributed by atoms with Gasteiger partial charge in [-0.05, 0) is 6.42 Å². The maximum absolute atomic E-state index is 11.1. The van der Waals surface area contributed by atoms with Crippen molar-refractivity contribution in [1.82, 2.24) is 0 Å². The summed E-state index contributed by atoms with van der Waals surface area (Å²) in [6.45, 7) is -0.630. The molecule has 6 atom stereocenters. The van der Waals surface area contributed by atoms with E-state index >= 15 is 0 Å². The number of oxime groups is 1. The SMILES string of the molecule is CS(=O)CCC/C(=N/OS(=O)(=O)[O-])SC1OC(CO)C(O)C(O)C1O. The Morgan fingerprint density at radius 2 is 1.96 bits per heavy atom. The second-order valence-electron chi connectivity index (χ2n) is 5.16. The summed E-state index contributed by atoms with van der Waals surface area (Å²) in [7, 11) is -6.20. The van der Waals surface area contributed by atoms with E-state index in [1.54, 1.807) is 0 Å². The molecule has 0 aromatic carbocycles. The summed E-state index contributed by atoms with van der Waals surface area (Å²) in [4.78, 5) is 0. The van der Waals surface area contributed by atoms with Gasteiger partial charge in [0.15, 0.2) is 0 Å². The third kappa shape index (κ3) is 7.84. The van der Waals surface area contributed by atoms with Gasteiger partial charge >= 0.3 is 0 Å². The highest BCUT2D eigenvalue weighted by Gasteiger charge is 2.44. The Morgan fingerprint density at radius 1 is 1.32 bits per heavy atom. The summed E-state index contributed by atoms with van der Waals surface area (Å²) in [5, 5.41) is 41.7. The van der Waals surface area contributed by atoms with Gasteiger partial charge in [0.1, 0.15) is 34.9 Å². The number of rotatable bonds is 8. The first-order valence-corrected chi connectivity index (χ1v) is 11.0. The first-order chi connectivity index (χ1) is 11.5. The molecule has 1 heterocycles. The van der Waals surface area contributed by atoms with E-state index in [0.29, 0.717) is 18.2 Å². The number of thioether (sulfide) groups is 1. The van der Waals surface area contributed by atoms with Crippen molar-refractivity contribution in [2.45, 2.75) is 42.7 Å². The van der Waals surface area contributed by atoms with Gasteiger partial charge in [-0.15, -0.1) is 0 Å². The minimum absolute atomic E-state index is 0.0609. The van der Waals surface area contributed by atoms with Gasteiger partial charge in [-0.3, -0.25) is 8.49 Å². The van der Waals surface area contributed by atoms with Gasteiger partial charge in [0.2, 0.25) is 0 Å². The summed E-state index contributed by atoms with van der Waals surface area (Å²) in [5.41, 5.74) is -1.21. The average Bonchev–Trinajstić information content (AvgIpc) is 2.51. The minimum atomic E-state index is -5.09. The van der Waals surface area contributed by atoms with Crippen LogP contribution in [0.4, 0.5) is 0 Å². The molecule has 0 aliphatic carbocycles. The first-order valence-electron chi connectivity index (χ1n) is 7.03. The lowest BCUT2D eigenvalue weighted by Crippen LogP contribution is -2.57. The van der Waals surface area contributed by atoms with Crippen LogP contribution in [0.15, 0.2) is 5.16 Å². The molecule has 0 spiro atoms. The number of hydrogen-bond donors (Lipinski definition) is 4. The smallest absolute Gasteiger partial charge is 0.284 e. The molecule has 6 unspecified atom stereocenters. The lowest BCUT2D eigenvalue weighted by Gasteiger charge is -2.39. The molecule has 1 saturated heterocycles. The standard InChI is InChI=1S/C11H21NO10S3/c1-24(17)4-2-3-7(12-22-25(18,19)20)23-11-10(16)9(15)8(14)6(5-13)21-11/h6,8-11,13-16H,2-5H2,1H3,(H,18,19,20)/p-1/b12-7-. The summed E-state index contributed by atoms with van der Waals surface area (Å²) in [5.74, 6) is 0.276. The van der Waals surface area contributed by atoms with E-state index in [9.17, 15) is 32.5 Å². The highest BCUT2D eigenvalue weighted by atomic mass is 32.3. The topological polar surface area (TPSA) is 186 Å². The van der Waals surface area contributed by atoms with E-state index in [4.69, 9.17) is 9.84 Å². The van der Waals surface area contributed by atoms with Crippen LogP contribution in [-0.2, 0) is 30.2 Å². The largest absolute Gasteiger partial charge is 0.714 e. The average molecular weight is 422 g/mol. The molecule has 25 heavy (non-hydrogen) atoms. The fraction of sp³-hybridized carbons (Fsp3) is 0.909. The fourth-order valence-electron chi connectivity index (χ4n) is 1.94. The quantitative estimate of drug-likeness (QED) is 0.106. The first kappa shape index (κ1) is 22.7. The predicted octanol–water partition coefficient (Wildman–Crippen LogP) is -2.53. The van der Waals surface area contributed by atoms with E-state index in [1.807, 2.05) is 0 Å². The molecule has 1 fully saturated rings. The highest BCUT2D eigenvalue weighted by Crippen LogP contribution is 2.30. The van der Waals surface area contributed by atoms with Crippen molar-refractivity contribution in [2.24, 2.45) is 5.16 Å². The van der Waals surface area contributed by atoms with Crippen molar-refractivity contribution in [3.8, 4) is 0 Å². The van der Waals surface area contributed by atoms with Gasteiger partial charge < -0.3 is 29.7 Å². The molecule has 0 saturated carbocycles. The number of aliphatic hydroxyl groups is 4. The predicted molar refractivity (Wildman–Crippen MR) is 87.7 cm³/mol. The Hall–Kier alpha value is -0.320. The second kappa shape index (κ2) is 10.1. The Balaban J connectivity index is 2.85. The Kier molecular flexibility index (Phi) is 9.20. The molecule has 14 heteroatoms. The highest BCUT2D eigenvalue weighted by molar-refractivity contribution is 8.14. The van der Waals surface area contributed by atoms with Crippen molar-refractivity contribution < 1.29 is 46.6 Å². The van der Waals surface area contributed by atoms with Crippen LogP contribution in [0.25, 0.3) is 0 Å². The molecule has 0 bridgehead atoms. The van der Waals surface area contributed by atoms with Crippen molar-refractivity contribution in [3.63, 3.8) is 0 Å². The van der Waals surface area contributed by atoms with E-state index in [0.717, 1.165) is 0 Å². The molecule has 0 aromatic rings. The third-order valence-electron chi connectivity index (χ3n) is 3.15. The van der Waals surface area contributed by atoms with Gasteiger partial charge in [-0.1, -0.05) is 16.9 Å². The molecule has 1 rings (SSSR count). The van der Waals surface area contributed by atoms with Gasteiger partial charge in [0.05, 0.1) is 6.61 Å². The zero-order valence-corrected chi connectivity index (χ0v) is 15.6. The number of aliphatic hydroxyl groups excluding tert-OH is 4. The molecule has 4 N–H and O–H groups in total. The Morgan fingerprint density at radius 3 is 2.48 bits per heavy atom. The normalized spacial score (nSPS) is 32.4. The summed E-state index contributed by atoms with van der Waals surface area (Å²) in [6, 6.07) is 0. The van der Waals surface area contributed by atoms with Gasteiger partial charge in [0, 0.05) is 29.2 Å². The lowest BCUT2D eigenvalue weighted by atomic mass is 10.0. The van der Waals surface area contributed by atoms with Crippen LogP contribution in [0, 0.1) is 0 Å². The Bertz CT molecular complexity index is 581. The van der Waals surface area contributed by atoms with Gasteiger partial charge in [-0.25, -0.2) is 0 Å². The van der Waals surface area contributed by atoms with Crippen molar-refractivity contribution in [2.75, 3.05) is 18.6 Å². The van der Waals surface area contributed by atoms with E-state index < -0.39 is 57.7 Å². The van der Waals surface area contributed by atoms with Gasteiger partial charge in [-0.2, -0.15) is 8.42 Å². The van der Waals surface area contributed by atoms with Crippen LogP contribution in [0.2, 0.25) is 0 Å². The zero-order chi connectivity index (χ0) is 19.2. The molecule has 0 aromatic heterocycles. The number of nitrogens with zero attached hydrogens (tertiary/aromatic N) is 1. The van der Waals surface area contributed by atoms with Crippen LogP contribution in [0.1, 0.15) is 12.8 Å². The van der Waals surface area contributed by atoms with E-state index in [2.05, 4.69) is 9.44 Å². The van der Waals surface area contributed by atoms with Crippen molar-refractivity contribution in [1.29, 1.82) is 0 Å². The maximum Gasteiger partial charge on any atom is 0.284 e. The third-order valence-corrected chi connectivity index (χ3v) is 5.45. The van der Waals surface area contributed by atoms with Crippen LogP contribution in [0.3, 0.4) is 0 Å². The van der Waals surface area contributed by atoms with Crippen LogP contribution in [0.5, 0.6) is 0 Å². The summed E-state index contributed by atoms with van der Waals surface area (Å²) in [6.07, 6.45) is -4.03. The molecule has 148 valence electrons. The zero-order valence-electron chi connectivity index (χ0n) is 13.1. The van der Waals surface area contributed by atoms with Crippen LogP contribution < -0.4 is 0 Å². The molecular weight excluding hydrogens is 402 g/mol. The maximum atomic E-state index is 11.1. The molecule has 1 aliphatic heterocycles. The fourth-order valence-corrected chi connectivity index (χ4v) is 3.83. The van der Waals surface area contributed by atoms with Crippen LogP contribution in [-0.4, -0.2) is 91.1 Å². The minimum Gasteiger partial charge on any atom is -0.714 e. The van der Waals surface area contributed by atoms with Gasteiger partial charge in [0.25, 0.3) is 10.4 Å². The van der Waals surface area contributed by atoms with E-state index in [-0.39, 0.29) is 17.2 Å². The van der Waals surface area contributed by atoms with E-state index in [1.165, 1.54) is 6.26 Å². The number of hydrogen-bond acceptors (Lipinski definition) is 12. The lowest BCUT2D eigenvalue weighted by molar-refractivity contribution is -0.205. The summed E-state index contributed by atoms with van der Waals surface area (Å²) < 4.78 is 51.8. The van der Waals surface area contributed by atoms with Crippen LogP contribution >= 0.6 is 11.8 Å². The summed E-state index contributed by atoms with van der Waals surface area (Å²) >= 11 is 0.659. The Labute approximate surface area is 151 Å². The molecular formula is C11H20NO10S3-. The van der Waals surface area contributed by atoms with Crippen molar-refractivity contribution >= 4 is 38.0 Å². The molecule has 1 aliphatic rings. The molecule has 0 radical (unpaired) electrons. The number of ether oxygens (including phenoxy) is 1. The molecule has 0 amide bonds.